The van der Waals surface area contributed by atoms with Crippen LogP contribution in [0.4, 0.5) is 4.39 Å². The first kappa shape index (κ1) is 15.6. The Morgan fingerprint density at radius 3 is 2.58 bits per heavy atom. The molecule has 1 aromatic rings. The molecule has 0 aliphatic heterocycles. The van der Waals surface area contributed by atoms with Gasteiger partial charge in [0.15, 0.2) is 5.78 Å². The molecule has 1 unspecified atom stereocenters. The monoisotopic (exact) mass is 267 g/mol. The minimum absolute atomic E-state index is 0.0612. The quantitative estimate of drug-likeness (QED) is 0.834. The molecule has 0 aliphatic rings. The van der Waals surface area contributed by atoms with Crippen molar-refractivity contribution in [1.82, 2.24) is 0 Å². The molecule has 4 heteroatoms. The Balaban J connectivity index is 2.81. The van der Waals surface area contributed by atoms with E-state index in [2.05, 4.69) is 20.8 Å². The molecule has 0 bridgehead atoms. The van der Waals surface area contributed by atoms with Gasteiger partial charge < -0.3 is 10.5 Å². The number of hydrogen-bond donors (Lipinski definition) is 1. The molecule has 0 saturated carbocycles. The van der Waals surface area contributed by atoms with Crippen LogP contribution in [0.3, 0.4) is 0 Å². The average molecular weight is 267 g/mol. The summed E-state index contributed by atoms with van der Waals surface area (Å²) in [7, 11) is 1.46. The van der Waals surface area contributed by atoms with Crippen molar-refractivity contribution >= 4 is 5.78 Å². The van der Waals surface area contributed by atoms with Crippen molar-refractivity contribution in [2.75, 3.05) is 7.11 Å². The maximum Gasteiger partial charge on any atom is 0.168 e. The number of carbonyl (C=O) groups excluding carboxylic acids is 1. The van der Waals surface area contributed by atoms with E-state index in [9.17, 15) is 9.18 Å². The van der Waals surface area contributed by atoms with E-state index in [4.69, 9.17) is 10.5 Å². The van der Waals surface area contributed by atoms with Crippen molar-refractivity contribution in [2.45, 2.75) is 39.7 Å². The highest BCUT2D eigenvalue weighted by Gasteiger charge is 2.21. The first-order valence-electron chi connectivity index (χ1n) is 6.35. The molecule has 3 nitrogen and oxygen atoms in total. The highest BCUT2D eigenvalue weighted by Crippen LogP contribution is 2.25. The van der Waals surface area contributed by atoms with Crippen molar-refractivity contribution in [3.05, 3.63) is 29.6 Å². The van der Waals surface area contributed by atoms with Crippen LogP contribution in [0.5, 0.6) is 5.75 Å². The minimum Gasteiger partial charge on any atom is -0.496 e. The van der Waals surface area contributed by atoms with E-state index in [0.717, 1.165) is 6.42 Å². The predicted molar refractivity (Wildman–Crippen MR) is 73.9 cm³/mol. The predicted octanol–water partition coefficient (Wildman–Crippen LogP) is 3.17. The third-order valence-electron chi connectivity index (χ3n) is 2.78. The van der Waals surface area contributed by atoms with Crippen LogP contribution >= 0.6 is 0 Å². The molecule has 0 aromatic heterocycles. The van der Waals surface area contributed by atoms with Crippen LogP contribution in [0, 0.1) is 11.2 Å². The third-order valence-corrected chi connectivity index (χ3v) is 2.78. The number of halogens is 1. The number of methoxy groups -OCH3 is 1. The lowest BCUT2D eigenvalue weighted by atomic mass is 9.86. The lowest BCUT2D eigenvalue weighted by Gasteiger charge is -2.22. The van der Waals surface area contributed by atoms with E-state index in [0.29, 0.717) is 5.75 Å². The van der Waals surface area contributed by atoms with Crippen LogP contribution in [0.15, 0.2) is 18.2 Å². The molecule has 0 fully saturated rings. The van der Waals surface area contributed by atoms with Gasteiger partial charge in [0.2, 0.25) is 0 Å². The zero-order valence-corrected chi connectivity index (χ0v) is 12.0. The SMILES string of the molecule is COc1ccc(F)cc1C(=O)CC(N)CC(C)(C)C. The molecule has 1 rings (SSSR count). The Kier molecular flexibility index (Phi) is 5.06. The smallest absolute Gasteiger partial charge is 0.168 e. The van der Waals surface area contributed by atoms with E-state index in [-0.39, 0.29) is 29.2 Å². The second kappa shape index (κ2) is 6.15. The second-order valence-corrected chi connectivity index (χ2v) is 6.00. The minimum atomic E-state index is -0.450. The van der Waals surface area contributed by atoms with Gasteiger partial charge in [-0.15, -0.1) is 0 Å². The molecule has 0 heterocycles. The highest BCUT2D eigenvalue weighted by molar-refractivity contribution is 5.99. The second-order valence-electron chi connectivity index (χ2n) is 6.00. The van der Waals surface area contributed by atoms with Crippen LogP contribution < -0.4 is 10.5 Å². The summed E-state index contributed by atoms with van der Waals surface area (Å²) in [6, 6.07) is 3.69. The Bertz CT molecular complexity index is 452. The Hall–Kier alpha value is -1.42. The molecule has 0 radical (unpaired) electrons. The summed E-state index contributed by atoms with van der Waals surface area (Å²) in [6.45, 7) is 6.21. The zero-order valence-electron chi connectivity index (χ0n) is 12.0. The third kappa shape index (κ3) is 4.99. The van der Waals surface area contributed by atoms with Crippen molar-refractivity contribution < 1.29 is 13.9 Å². The molecule has 1 aromatic carbocycles. The summed E-state index contributed by atoms with van der Waals surface area (Å²) in [5.41, 5.74) is 6.29. The number of hydrogen-bond acceptors (Lipinski definition) is 3. The van der Waals surface area contributed by atoms with Gasteiger partial charge in [-0.3, -0.25) is 4.79 Å². The van der Waals surface area contributed by atoms with Gasteiger partial charge in [0.1, 0.15) is 11.6 Å². The lowest BCUT2D eigenvalue weighted by Crippen LogP contribution is -2.29. The average Bonchev–Trinajstić information content (AvgIpc) is 2.26. The highest BCUT2D eigenvalue weighted by atomic mass is 19.1. The molecule has 106 valence electrons. The van der Waals surface area contributed by atoms with Crippen LogP contribution in [-0.2, 0) is 0 Å². The zero-order chi connectivity index (χ0) is 14.6. The van der Waals surface area contributed by atoms with E-state index in [1.165, 1.54) is 25.3 Å². The Labute approximate surface area is 113 Å². The lowest BCUT2D eigenvalue weighted by molar-refractivity contribution is 0.0965. The van der Waals surface area contributed by atoms with Crippen molar-refractivity contribution in [3.8, 4) is 5.75 Å². The van der Waals surface area contributed by atoms with Crippen LogP contribution in [0.25, 0.3) is 0 Å². The number of ether oxygens (including phenoxy) is 1. The largest absolute Gasteiger partial charge is 0.496 e. The molecule has 2 N–H and O–H groups in total. The fraction of sp³-hybridized carbons (Fsp3) is 0.533. The molecule has 19 heavy (non-hydrogen) atoms. The van der Waals surface area contributed by atoms with Crippen LogP contribution in [0.1, 0.15) is 44.0 Å². The summed E-state index contributed by atoms with van der Waals surface area (Å²) >= 11 is 0. The van der Waals surface area contributed by atoms with E-state index in [1.54, 1.807) is 0 Å². The van der Waals surface area contributed by atoms with E-state index < -0.39 is 5.82 Å². The summed E-state index contributed by atoms with van der Waals surface area (Å²) in [4.78, 5) is 12.1. The summed E-state index contributed by atoms with van der Waals surface area (Å²) in [5.74, 6) is -0.254. The van der Waals surface area contributed by atoms with E-state index in [1.807, 2.05) is 0 Å². The number of Topliss-reactive ketones (excluding diaryl/α,β-unsaturated/α-hetero) is 1. The first-order valence-corrected chi connectivity index (χ1v) is 6.35. The van der Waals surface area contributed by atoms with Gasteiger partial charge in [-0.2, -0.15) is 0 Å². The number of benzene rings is 1. The van der Waals surface area contributed by atoms with Crippen molar-refractivity contribution in [2.24, 2.45) is 11.1 Å². The van der Waals surface area contributed by atoms with Gasteiger partial charge in [0.05, 0.1) is 12.7 Å². The summed E-state index contributed by atoms with van der Waals surface area (Å²) < 4.78 is 18.3. The molecule has 0 amide bonds. The maximum absolute atomic E-state index is 13.2. The van der Waals surface area contributed by atoms with Crippen LogP contribution in [-0.4, -0.2) is 18.9 Å². The van der Waals surface area contributed by atoms with Crippen LogP contribution in [0.2, 0.25) is 0 Å². The maximum atomic E-state index is 13.2. The van der Waals surface area contributed by atoms with Crippen molar-refractivity contribution in [1.29, 1.82) is 0 Å². The van der Waals surface area contributed by atoms with Crippen molar-refractivity contribution in [3.63, 3.8) is 0 Å². The number of nitrogens with two attached hydrogens (primary N) is 1. The van der Waals surface area contributed by atoms with E-state index >= 15 is 0 Å². The van der Waals surface area contributed by atoms with Gasteiger partial charge in [-0.05, 0) is 30.0 Å². The topological polar surface area (TPSA) is 52.3 Å². The molecular weight excluding hydrogens is 245 g/mol. The Morgan fingerprint density at radius 2 is 2.05 bits per heavy atom. The standard InChI is InChI=1S/C15H22FNO2/c1-15(2,3)9-11(17)8-13(18)12-7-10(16)5-6-14(12)19-4/h5-7,11H,8-9,17H2,1-4H3. The van der Waals surface area contributed by atoms with Gasteiger partial charge in [0.25, 0.3) is 0 Å². The van der Waals surface area contributed by atoms with Gasteiger partial charge in [0, 0.05) is 12.5 Å². The number of ketones is 1. The molecule has 0 aliphatic carbocycles. The molecule has 0 saturated heterocycles. The summed E-state index contributed by atoms with van der Waals surface area (Å²) in [6.07, 6.45) is 0.924. The molecular formula is C15H22FNO2. The first-order chi connectivity index (χ1) is 8.73. The Morgan fingerprint density at radius 1 is 1.42 bits per heavy atom. The van der Waals surface area contributed by atoms with Gasteiger partial charge in [-0.1, -0.05) is 20.8 Å². The fourth-order valence-electron chi connectivity index (χ4n) is 2.10. The number of carbonyl (C=O) groups is 1. The summed E-state index contributed by atoms with van der Waals surface area (Å²) in [5, 5.41) is 0. The van der Waals surface area contributed by atoms with Gasteiger partial charge >= 0.3 is 0 Å². The molecule has 0 spiro atoms. The molecule has 1 atom stereocenters. The normalized spacial score (nSPS) is 13.2. The van der Waals surface area contributed by atoms with Gasteiger partial charge in [-0.25, -0.2) is 4.39 Å². The number of rotatable bonds is 5. The fourth-order valence-corrected chi connectivity index (χ4v) is 2.10.